The molecule has 5 rings (SSSR count). The van der Waals surface area contributed by atoms with Crippen molar-refractivity contribution >= 4 is 28.4 Å². The zero-order valence-corrected chi connectivity index (χ0v) is 15.0. The van der Waals surface area contributed by atoms with E-state index >= 15 is 0 Å². The standard InChI is InChI=1S/C19H20N8/c1-12-9-20-19(24-14-3-2-13-10-23-26-17(13)8-14)25-18(12)27-6-4-15-16(5-7-27)22-11-21-15/h2-3,8-11H,4-7H2,1H3,(H,21,22)(H,23,26)(H,20,24,25). The zero-order valence-electron chi connectivity index (χ0n) is 15.0. The van der Waals surface area contributed by atoms with E-state index in [1.165, 1.54) is 5.69 Å². The van der Waals surface area contributed by atoms with Crippen LogP contribution in [0.25, 0.3) is 10.9 Å². The van der Waals surface area contributed by atoms with Gasteiger partial charge in [0.05, 0.1) is 23.7 Å². The number of hydrogen-bond donors (Lipinski definition) is 3. The molecule has 0 spiro atoms. The summed E-state index contributed by atoms with van der Waals surface area (Å²) >= 11 is 0. The predicted molar refractivity (Wildman–Crippen MR) is 104 cm³/mol. The number of H-pyrrole nitrogens is 2. The fourth-order valence-electron chi connectivity index (χ4n) is 3.55. The maximum atomic E-state index is 4.80. The van der Waals surface area contributed by atoms with E-state index in [0.29, 0.717) is 5.95 Å². The average molecular weight is 360 g/mol. The normalized spacial score (nSPS) is 14.2. The minimum Gasteiger partial charge on any atom is -0.355 e. The van der Waals surface area contributed by atoms with Gasteiger partial charge < -0.3 is 15.2 Å². The quantitative estimate of drug-likeness (QED) is 0.520. The van der Waals surface area contributed by atoms with Gasteiger partial charge in [-0.05, 0) is 25.1 Å². The lowest BCUT2D eigenvalue weighted by Crippen LogP contribution is -2.28. The molecule has 0 fully saturated rings. The first-order chi connectivity index (χ1) is 13.3. The lowest BCUT2D eigenvalue weighted by Gasteiger charge is -2.23. The van der Waals surface area contributed by atoms with Gasteiger partial charge in [0.15, 0.2) is 0 Å². The Morgan fingerprint density at radius 2 is 2.04 bits per heavy atom. The van der Waals surface area contributed by atoms with Gasteiger partial charge in [-0.25, -0.2) is 9.97 Å². The summed E-state index contributed by atoms with van der Waals surface area (Å²) in [7, 11) is 0. The molecule has 8 nitrogen and oxygen atoms in total. The summed E-state index contributed by atoms with van der Waals surface area (Å²) < 4.78 is 0. The van der Waals surface area contributed by atoms with Gasteiger partial charge in [0.25, 0.3) is 0 Å². The molecule has 3 aromatic heterocycles. The molecule has 136 valence electrons. The van der Waals surface area contributed by atoms with Crippen LogP contribution in [0.2, 0.25) is 0 Å². The molecular weight excluding hydrogens is 340 g/mol. The van der Waals surface area contributed by atoms with E-state index < -0.39 is 0 Å². The number of fused-ring (bicyclic) bond motifs is 2. The summed E-state index contributed by atoms with van der Waals surface area (Å²) in [5.74, 6) is 1.57. The molecule has 0 saturated heterocycles. The Labute approximate surface area is 156 Å². The van der Waals surface area contributed by atoms with Crippen LogP contribution in [-0.4, -0.2) is 43.2 Å². The maximum Gasteiger partial charge on any atom is 0.229 e. The number of imidazole rings is 1. The van der Waals surface area contributed by atoms with Gasteiger partial charge in [0.1, 0.15) is 5.82 Å². The number of anilines is 3. The van der Waals surface area contributed by atoms with E-state index in [1.54, 1.807) is 6.33 Å². The monoisotopic (exact) mass is 360 g/mol. The maximum absolute atomic E-state index is 4.80. The second-order valence-corrected chi connectivity index (χ2v) is 6.81. The number of rotatable bonds is 3. The van der Waals surface area contributed by atoms with Gasteiger partial charge in [-0.2, -0.15) is 10.1 Å². The molecule has 1 aliphatic rings. The minimum absolute atomic E-state index is 0.593. The molecular formula is C19H20N8. The Hall–Kier alpha value is -3.42. The summed E-state index contributed by atoms with van der Waals surface area (Å²) in [6, 6.07) is 6.03. The van der Waals surface area contributed by atoms with Crippen molar-refractivity contribution in [1.82, 2.24) is 30.1 Å². The molecule has 1 aromatic carbocycles. The topological polar surface area (TPSA) is 98.4 Å². The Morgan fingerprint density at radius 1 is 1.11 bits per heavy atom. The van der Waals surface area contributed by atoms with Crippen LogP contribution in [0, 0.1) is 6.92 Å². The van der Waals surface area contributed by atoms with Crippen molar-refractivity contribution in [2.75, 3.05) is 23.3 Å². The highest BCUT2D eigenvalue weighted by molar-refractivity contribution is 5.82. The van der Waals surface area contributed by atoms with Crippen LogP contribution >= 0.6 is 0 Å². The lowest BCUT2D eigenvalue weighted by molar-refractivity contribution is 0.775. The first-order valence-electron chi connectivity index (χ1n) is 9.06. The van der Waals surface area contributed by atoms with Crippen LogP contribution < -0.4 is 10.2 Å². The van der Waals surface area contributed by atoms with Crippen LogP contribution in [-0.2, 0) is 12.8 Å². The molecule has 8 heteroatoms. The van der Waals surface area contributed by atoms with Crippen LogP contribution in [0.15, 0.2) is 36.9 Å². The van der Waals surface area contributed by atoms with Crippen molar-refractivity contribution in [3.63, 3.8) is 0 Å². The van der Waals surface area contributed by atoms with E-state index in [9.17, 15) is 0 Å². The number of hydrogen-bond acceptors (Lipinski definition) is 6. The zero-order chi connectivity index (χ0) is 18.2. The molecule has 0 atom stereocenters. The van der Waals surface area contributed by atoms with E-state index in [4.69, 9.17) is 4.98 Å². The van der Waals surface area contributed by atoms with E-state index in [0.717, 1.165) is 59.6 Å². The van der Waals surface area contributed by atoms with E-state index in [2.05, 4.69) is 42.3 Å². The van der Waals surface area contributed by atoms with Crippen LogP contribution in [0.4, 0.5) is 17.5 Å². The summed E-state index contributed by atoms with van der Waals surface area (Å²) in [6.45, 7) is 3.86. The molecule has 0 amide bonds. The van der Waals surface area contributed by atoms with Gasteiger partial charge in [-0.3, -0.25) is 5.10 Å². The third-order valence-corrected chi connectivity index (χ3v) is 5.00. The van der Waals surface area contributed by atoms with Crippen molar-refractivity contribution in [3.05, 3.63) is 53.9 Å². The molecule has 0 radical (unpaired) electrons. The van der Waals surface area contributed by atoms with Crippen LogP contribution in [0.3, 0.4) is 0 Å². The number of aromatic nitrogens is 6. The summed E-state index contributed by atoms with van der Waals surface area (Å²) in [5.41, 5.74) is 5.37. The number of aromatic amines is 2. The van der Waals surface area contributed by atoms with E-state index in [1.807, 2.05) is 30.6 Å². The van der Waals surface area contributed by atoms with Crippen molar-refractivity contribution in [2.45, 2.75) is 19.8 Å². The molecule has 0 aliphatic carbocycles. The Balaban J connectivity index is 1.40. The fourth-order valence-corrected chi connectivity index (χ4v) is 3.55. The molecule has 0 saturated carbocycles. The highest BCUT2D eigenvalue weighted by atomic mass is 15.2. The first kappa shape index (κ1) is 15.8. The number of nitrogens with zero attached hydrogens (tertiary/aromatic N) is 5. The predicted octanol–water partition coefficient (Wildman–Crippen LogP) is 2.73. The highest BCUT2D eigenvalue weighted by Crippen LogP contribution is 2.24. The summed E-state index contributed by atoms with van der Waals surface area (Å²) in [6.07, 6.45) is 7.33. The second-order valence-electron chi connectivity index (χ2n) is 6.81. The average Bonchev–Trinajstić information content (AvgIpc) is 3.28. The summed E-state index contributed by atoms with van der Waals surface area (Å²) in [4.78, 5) is 19.2. The van der Waals surface area contributed by atoms with Gasteiger partial charge in [-0.15, -0.1) is 0 Å². The van der Waals surface area contributed by atoms with Crippen molar-refractivity contribution in [2.24, 2.45) is 0 Å². The van der Waals surface area contributed by atoms with Gasteiger partial charge in [-0.1, -0.05) is 0 Å². The Kier molecular flexibility index (Phi) is 3.74. The van der Waals surface area contributed by atoms with Crippen molar-refractivity contribution < 1.29 is 0 Å². The van der Waals surface area contributed by atoms with Crippen LogP contribution in [0.1, 0.15) is 17.0 Å². The van der Waals surface area contributed by atoms with Crippen molar-refractivity contribution in [1.29, 1.82) is 0 Å². The van der Waals surface area contributed by atoms with Crippen LogP contribution in [0.5, 0.6) is 0 Å². The minimum atomic E-state index is 0.593. The van der Waals surface area contributed by atoms with Gasteiger partial charge in [0, 0.05) is 54.5 Å². The fraction of sp³-hybridized carbons (Fsp3) is 0.263. The summed E-state index contributed by atoms with van der Waals surface area (Å²) in [5, 5.41) is 11.4. The molecule has 4 heterocycles. The lowest BCUT2D eigenvalue weighted by atomic mass is 10.2. The number of nitrogens with one attached hydrogen (secondary N) is 3. The third-order valence-electron chi connectivity index (χ3n) is 5.00. The molecule has 0 unspecified atom stereocenters. The van der Waals surface area contributed by atoms with E-state index in [-0.39, 0.29) is 0 Å². The highest BCUT2D eigenvalue weighted by Gasteiger charge is 2.19. The Bertz CT molecular complexity index is 1070. The number of aryl methyl sites for hydroxylation is 1. The molecule has 1 aliphatic heterocycles. The second kappa shape index (κ2) is 6.39. The Morgan fingerprint density at radius 3 is 3.00 bits per heavy atom. The molecule has 0 bridgehead atoms. The molecule has 27 heavy (non-hydrogen) atoms. The first-order valence-corrected chi connectivity index (χ1v) is 9.06. The smallest absolute Gasteiger partial charge is 0.229 e. The third kappa shape index (κ3) is 2.99. The van der Waals surface area contributed by atoms with Crippen molar-refractivity contribution in [3.8, 4) is 0 Å². The largest absolute Gasteiger partial charge is 0.355 e. The van der Waals surface area contributed by atoms with Gasteiger partial charge >= 0.3 is 0 Å². The SMILES string of the molecule is Cc1cnc(Nc2ccc3cn[nH]c3c2)nc1N1CCc2nc[nH]c2CC1. The molecule has 3 N–H and O–H groups in total. The number of benzene rings is 1. The van der Waals surface area contributed by atoms with Gasteiger partial charge in [0.2, 0.25) is 5.95 Å². The molecule has 4 aromatic rings.